The largest absolute Gasteiger partial charge is 0.377 e. The van der Waals surface area contributed by atoms with E-state index in [9.17, 15) is 8.42 Å². The molecule has 5 nitrogen and oxygen atoms in total. The quantitative estimate of drug-likeness (QED) is 0.715. The predicted molar refractivity (Wildman–Crippen MR) is 71.0 cm³/mol. The molecule has 106 valence electrons. The van der Waals surface area contributed by atoms with E-state index in [0.717, 1.165) is 25.9 Å². The first-order valence-corrected chi connectivity index (χ1v) is 8.46. The van der Waals surface area contributed by atoms with Crippen molar-refractivity contribution in [3.05, 3.63) is 0 Å². The van der Waals surface area contributed by atoms with Gasteiger partial charge in [0.25, 0.3) is 0 Å². The first kappa shape index (κ1) is 14.2. The van der Waals surface area contributed by atoms with E-state index in [-0.39, 0.29) is 11.4 Å². The Morgan fingerprint density at radius 3 is 2.67 bits per heavy atom. The average Bonchev–Trinajstić information content (AvgIpc) is 3.19. The fourth-order valence-electron chi connectivity index (χ4n) is 2.05. The maximum atomic E-state index is 12.0. The van der Waals surface area contributed by atoms with Gasteiger partial charge in [-0.2, -0.15) is 0 Å². The van der Waals surface area contributed by atoms with Crippen LogP contribution in [0.25, 0.3) is 0 Å². The highest BCUT2D eigenvalue weighted by Gasteiger charge is 2.26. The van der Waals surface area contributed by atoms with Crippen LogP contribution in [-0.4, -0.2) is 45.5 Å². The molecular formula is C12H24N2O3S. The summed E-state index contributed by atoms with van der Waals surface area (Å²) >= 11 is 0. The molecule has 0 radical (unpaired) electrons. The zero-order valence-electron chi connectivity index (χ0n) is 11.0. The van der Waals surface area contributed by atoms with Crippen molar-refractivity contribution in [2.45, 2.75) is 56.4 Å². The topological polar surface area (TPSA) is 67.4 Å². The highest BCUT2D eigenvalue weighted by Crippen LogP contribution is 2.18. The molecule has 0 aromatic carbocycles. The first-order valence-electron chi connectivity index (χ1n) is 6.91. The minimum atomic E-state index is -3.22. The second-order valence-corrected chi connectivity index (χ2v) is 7.56. The van der Waals surface area contributed by atoms with Crippen LogP contribution in [0.2, 0.25) is 0 Å². The van der Waals surface area contributed by atoms with Crippen LogP contribution >= 0.6 is 0 Å². The Kier molecular flexibility index (Phi) is 5.00. The highest BCUT2D eigenvalue weighted by atomic mass is 32.2. The van der Waals surface area contributed by atoms with E-state index >= 15 is 0 Å². The van der Waals surface area contributed by atoms with Gasteiger partial charge in [-0.1, -0.05) is 0 Å². The van der Waals surface area contributed by atoms with Crippen LogP contribution in [0.15, 0.2) is 0 Å². The fourth-order valence-corrected chi connectivity index (χ4v) is 3.07. The lowest BCUT2D eigenvalue weighted by molar-refractivity contribution is 0.0200. The zero-order chi connectivity index (χ0) is 13.0. The van der Waals surface area contributed by atoms with Crippen LogP contribution in [0.1, 0.15) is 39.0 Å². The number of hydrogen-bond donors (Lipinski definition) is 2. The Bertz CT molecular complexity index is 348. The molecule has 2 rings (SSSR count). The van der Waals surface area contributed by atoms with E-state index < -0.39 is 10.0 Å². The summed E-state index contributed by atoms with van der Waals surface area (Å²) in [5, 5.41) is 2.86. The van der Waals surface area contributed by atoms with Crippen LogP contribution < -0.4 is 10.0 Å². The number of ether oxygens (including phenoxy) is 1. The van der Waals surface area contributed by atoms with Crippen LogP contribution in [0.4, 0.5) is 0 Å². The maximum Gasteiger partial charge on any atom is 0.215 e. The summed E-state index contributed by atoms with van der Waals surface area (Å²) in [6.07, 6.45) is 5.58. The van der Waals surface area contributed by atoms with Crippen LogP contribution in [0.5, 0.6) is 0 Å². The van der Waals surface area contributed by atoms with Crippen LogP contribution in [0, 0.1) is 0 Å². The van der Waals surface area contributed by atoms with E-state index in [2.05, 4.69) is 10.0 Å². The maximum absolute atomic E-state index is 12.0. The highest BCUT2D eigenvalue weighted by molar-refractivity contribution is 7.90. The molecule has 0 aromatic heterocycles. The summed E-state index contributed by atoms with van der Waals surface area (Å²) in [4.78, 5) is 0. The monoisotopic (exact) mass is 276 g/mol. The summed E-state index contributed by atoms with van der Waals surface area (Å²) in [6, 6.07) is 0.546. The zero-order valence-corrected chi connectivity index (χ0v) is 11.8. The van der Waals surface area contributed by atoms with Gasteiger partial charge in [0, 0.05) is 25.7 Å². The van der Waals surface area contributed by atoms with Gasteiger partial charge in [0.15, 0.2) is 0 Å². The van der Waals surface area contributed by atoms with Crippen molar-refractivity contribution in [1.82, 2.24) is 10.0 Å². The minimum Gasteiger partial charge on any atom is -0.377 e. The van der Waals surface area contributed by atoms with Gasteiger partial charge in [-0.05, 0) is 39.0 Å². The van der Waals surface area contributed by atoms with Crippen molar-refractivity contribution in [1.29, 1.82) is 0 Å². The Morgan fingerprint density at radius 1 is 1.28 bits per heavy atom. The van der Waals surface area contributed by atoms with Crippen LogP contribution in [-0.2, 0) is 14.8 Å². The van der Waals surface area contributed by atoms with Crippen LogP contribution in [0.3, 0.4) is 0 Å². The third kappa shape index (κ3) is 4.50. The summed E-state index contributed by atoms with van der Waals surface area (Å²) in [7, 11) is -3.22. The molecule has 1 saturated heterocycles. The molecule has 2 fully saturated rings. The molecule has 0 bridgehead atoms. The molecule has 0 aromatic rings. The van der Waals surface area contributed by atoms with Gasteiger partial charge in [0.2, 0.25) is 10.0 Å². The third-order valence-corrected chi connectivity index (χ3v) is 5.38. The van der Waals surface area contributed by atoms with Crippen molar-refractivity contribution >= 4 is 10.0 Å². The average molecular weight is 276 g/mol. The van der Waals surface area contributed by atoms with Crippen molar-refractivity contribution in [3.63, 3.8) is 0 Å². The lowest BCUT2D eigenvalue weighted by atomic mass is 10.1. The van der Waals surface area contributed by atoms with Gasteiger partial charge in [-0.25, -0.2) is 13.1 Å². The molecule has 1 aliphatic carbocycles. The molecular weight excluding hydrogens is 252 g/mol. The van der Waals surface area contributed by atoms with Crippen molar-refractivity contribution in [3.8, 4) is 0 Å². The third-order valence-electron chi connectivity index (χ3n) is 3.59. The van der Waals surface area contributed by atoms with E-state index in [1.54, 1.807) is 6.92 Å². The normalized spacial score (nSPS) is 27.1. The van der Waals surface area contributed by atoms with E-state index in [0.29, 0.717) is 19.1 Å². The van der Waals surface area contributed by atoms with Crippen molar-refractivity contribution < 1.29 is 13.2 Å². The summed E-state index contributed by atoms with van der Waals surface area (Å²) in [5.74, 6) is 0. The smallest absolute Gasteiger partial charge is 0.215 e. The number of rotatable bonds is 7. The number of nitrogens with one attached hydrogen (secondary N) is 2. The molecule has 0 spiro atoms. The van der Waals surface area contributed by atoms with Gasteiger partial charge < -0.3 is 10.1 Å². The Morgan fingerprint density at radius 2 is 2.06 bits per heavy atom. The van der Waals surface area contributed by atoms with Gasteiger partial charge in [-0.3, -0.25) is 0 Å². The second kappa shape index (κ2) is 6.32. The molecule has 18 heavy (non-hydrogen) atoms. The summed E-state index contributed by atoms with van der Waals surface area (Å²) < 4.78 is 32.2. The summed E-state index contributed by atoms with van der Waals surface area (Å²) in [5.41, 5.74) is 0. The van der Waals surface area contributed by atoms with E-state index in [4.69, 9.17) is 4.74 Å². The Balaban J connectivity index is 1.70. The van der Waals surface area contributed by atoms with Crippen molar-refractivity contribution in [2.75, 3.05) is 19.7 Å². The number of sulfonamides is 1. The first-order chi connectivity index (χ1) is 8.58. The number of hydrogen-bond acceptors (Lipinski definition) is 4. The second-order valence-electron chi connectivity index (χ2n) is 5.38. The minimum absolute atomic E-state index is 0.0529. The Labute approximate surface area is 110 Å². The van der Waals surface area contributed by atoms with Gasteiger partial charge in [-0.15, -0.1) is 0 Å². The lowest BCUT2D eigenvalue weighted by Crippen LogP contribution is -2.43. The molecule has 2 unspecified atom stereocenters. The Hall–Kier alpha value is -0.170. The molecule has 1 aliphatic heterocycles. The molecule has 2 atom stereocenters. The van der Waals surface area contributed by atoms with E-state index in [1.165, 1.54) is 12.8 Å². The molecule has 0 amide bonds. The lowest BCUT2D eigenvalue weighted by Gasteiger charge is -2.23. The van der Waals surface area contributed by atoms with Gasteiger partial charge >= 0.3 is 0 Å². The van der Waals surface area contributed by atoms with Gasteiger partial charge in [0.05, 0.1) is 11.4 Å². The summed E-state index contributed by atoms with van der Waals surface area (Å²) in [6.45, 7) is 3.45. The molecule has 6 heteroatoms. The predicted octanol–water partition coefficient (Wildman–Crippen LogP) is 0.615. The molecule has 2 aliphatic rings. The standard InChI is InChI=1S/C12H24N2O3S/c1-10(8-13-11-5-6-11)18(15,16)14-9-12-4-2-3-7-17-12/h10-14H,2-9H2,1H3. The van der Waals surface area contributed by atoms with Crippen molar-refractivity contribution in [2.24, 2.45) is 0 Å². The fraction of sp³-hybridized carbons (Fsp3) is 1.00. The molecule has 2 N–H and O–H groups in total. The molecule has 1 saturated carbocycles. The molecule has 1 heterocycles. The van der Waals surface area contributed by atoms with E-state index in [1.807, 2.05) is 0 Å². The van der Waals surface area contributed by atoms with Gasteiger partial charge in [0.1, 0.15) is 0 Å². The SMILES string of the molecule is CC(CNC1CC1)S(=O)(=O)NCC1CCCCO1.